The van der Waals surface area contributed by atoms with Gasteiger partial charge in [-0.25, -0.2) is 4.68 Å². The third-order valence-corrected chi connectivity index (χ3v) is 6.73. The van der Waals surface area contributed by atoms with Crippen molar-refractivity contribution in [2.75, 3.05) is 18.4 Å². The van der Waals surface area contributed by atoms with E-state index >= 15 is 0 Å². The third kappa shape index (κ3) is 5.03. The molecule has 5 nitrogen and oxygen atoms in total. The van der Waals surface area contributed by atoms with Gasteiger partial charge in [0.15, 0.2) is 9.74 Å². The van der Waals surface area contributed by atoms with Crippen LogP contribution in [0.3, 0.4) is 0 Å². The van der Waals surface area contributed by atoms with Gasteiger partial charge in [-0.3, -0.25) is 9.69 Å². The molecule has 30 heavy (non-hydrogen) atoms. The highest BCUT2D eigenvalue weighted by molar-refractivity contribution is 7.73. The minimum Gasteiger partial charge on any atom is -0.330 e. The molecule has 0 atom stereocenters. The van der Waals surface area contributed by atoms with Crippen LogP contribution in [-0.4, -0.2) is 33.6 Å². The van der Waals surface area contributed by atoms with E-state index in [1.165, 1.54) is 22.5 Å². The minimum atomic E-state index is 0.103. The monoisotopic (exact) mass is 438 g/mol. The van der Waals surface area contributed by atoms with Crippen LogP contribution in [0.4, 0.5) is 10.8 Å². The number of Topliss-reactive ketones (excluding diaryl/α,β-unsaturated/α-hetero) is 1. The molecule has 156 valence electrons. The molecule has 3 aromatic rings. The van der Waals surface area contributed by atoms with E-state index in [9.17, 15) is 4.79 Å². The predicted octanol–water partition coefficient (Wildman–Crippen LogP) is 5.59. The molecule has 1 N–H and O–H groups in total. The van der Waals surface area contributed by atoms with Crippen LogP contribution in [0.2, 0.25) is 0 Å². The number of nitrogens with one attached hydrogen (secondary N) is 1. The Balaban J connectivity index is 1.34. The van der Waals surface area contributed by atoms with Crippen LogP contribution in [0, 0.1) is 23.7 Å². The van der Waals surface area contributed by atoms with Crippen molar-refractivity contribution in [2.45, 2.75) is 33.4 Å². The molecule has 0 amide bonds. The number of hydrogen-bond acceptors (Lipinski definition) is 6. The second-order valence-electron chi connectivity index (χ2n) is 7.93. The van der Waals surface area contributed by atoms with Crippen molar-refractivity contribution in [3.63, 3.8) is 0 Å². The summed E-state index contributed by atoms with van der Waals surface area (Å²) in [5.41, 5.74) is 4.22. The Labute approximate surface area is 186 Å². The van der Waals surface area contributed by atoms with Gasteiger partial charge < -0.3 is 5.32 Å². The minimum absolute atomic E-state index is 0.103. The van der Waals surface area contributed by atoms with E-state index in [2.05, 4.69) is 34.4 Å². The van der Waals surface area contributed by atoms with E-state index in [0.29, 0.717) is 6.67 Å². The van der Waals surface area contributed by atoms with Crippen LogP contribution in [0.25, 0.3) is 0 Å². The van der Waals surface area contributed by atoms with Crippen LogP contribution >= 0.6 is 23.6 Å². The van der Waals surface area contributed by atoms with Crippen LogP contribution in [0.5, 0.6) is 0 Å². The zero-order valence-electron chi connectivity index (χ0n) is 17.3. The van der Waals surface area contributed by atoms with Crippen molar-refractivity contribution in [3.05, 3.63) is 69.2 Å². The lowest BCUT2D eigenvalue weighted by Crippen LogP contribution is -2.37. The van der Waals surface area contributed by atoms with Gasteiger partial charge in [-0.2, -0.15) is 0 Å². The molecule has 1 saturated heterocycles. The summed E-state index contributed by atoms with van der Waals surface area (Å²) in [7, 11) is 0. The fourth-order valence-electron chi connectivity index (χ4n) is 3.77. The first-order valence-corrected chi connectivity index (χ1v) is 11.5. The number of nitrogens with zero attached hydrogens (tertiary/aromatic N) is 3. The van der Waals surface area contributed by atoms with E-state index in [1.807, 2.05) is 48.0 Å². The Morgan fingerprint density at radius 2 is 1.87 bits per heavy atom. The molecule has 0 spiro atoms. The Hall–Kier alpha value is -2.35. The summed E-state index contributed by atoms with van der Waals surface area (Å²) in [6, 6.07) is 16.1. The third-order valence-electron chi connectivity index (χ3n) is 5.50. The standard InChI is InChI=1S/C23H26N4OS2/c1-16-6-8-18(9-7-16)21(28)19-10-12-26(13-11-19)15-27-23(29)30-22(25-27)24-20-5-3-4-17(2)14-20/h3-9,14,19H,10-13,15H2,1-2H3,(H,24,25). The largest absolute Gasteiger partial charge is 0.330 e. The van der Waals surface area contributed by atoms with Gasteiger partial charge in [0.25, 0.3) is 0 Å². The molecular weight excluding hydrogens is 412 g/mol. The van der Waals surface area contributed by atoms with Gasteiger partial charge in [0.05, 0.1) is 6.67 Å². The number of anilines is 2. The van der Waals surface area contributed by atoms with Crippen molar-refractivity contribution in [1.82, 2.24) is 14.7 Å². The highest BCUT2D eigenvalue weighted by Crippen LogP contribution is 2.24. The van der Waals surface area contributed by atoms with Crippen molar-refractivity contribution in [3.8, 4) is 0 Å². The van der Waals surface area contributed by atoms with E-state index in [1.54, 1.807) is 0 Å². The molecule has 2 heterocycles. The van der Waals surface area contributed by atoms with Crippen molar-refractivity contribution in [1.29, 1.82) is 0 Å². The van der Waals surface area contributed by atoms with Gasteiger partial charge in [0, 0.05) is 30.3 Å². The zero-order valence-corrected chi connectivity index (χ0v) is 18.9. The summed E-state index contributed by atoms with van der Waals surface area (Å²) < 4.78 is 2.63. The molecule has 0 saturated carbocycles. The smallest absolute Gasteiger partial charge is 0.209 e. The molecular formula is C23H26N4OS2. The first-order chi connectivity index (χ1) is 14.5. The SMILES string of the molecule is Cc1ccc(C(=O)C2CCN(Cn3nc(Nc4cccc(C)c4)sc3=S)CC2)cc1. The quantitative estimate of drug-likeness (QED) is 0.402. The van der Waals surface area contributed by atoms with Gasteiger partial charge >= 0.3 is 0 Å². The number of carbonyl (C=O) groups excluding carboxylic acids is 1. The number of likely N-dealkylation sites (tertiary alicyclic amines) is 1. The van der Waals surface area contributed by atoms with E-state index in [-0.39, 0.29) is 11.7 Å². The molecule has 0 bridgehead atoms. The highest BCUT2D eigenvalue weighted by atomic mass is 32.1. The number of piperidine rings is 1. The maximum absolute atomic E-state index is 12.8. The fourth-order valence-corrected chi connectivity index (χ4v) is 4.78. The molecule has 7 heteroatoms. The molecule has 1 fully saturated rings. The number of aromatic nitrogens is 2. The average Bonchev–Trinajstić information content (AvgIpc) is 3.07. The summed E-state index contributed by atoms with van der Waals surface area (Å²) in [4.78, 5) is 15.1. The zero-order chi connectivity index (χ0) is 21.1. The molecule has 1 aromatic heterocycles. The number of benzene rings is 2. The second kappa shape index (κ2) is 9.20. The first kappa shape index (κ1) is 20.9. The molecule has 0 unspecified atom stereocenters. The Morgan fingerprint density at radius 3 is 2.57 bits per heavy atom. The van der Waals surface area contributed by atoms with Crippen molar-refractivity contribution < 1.29 is 4.79 Å². The summed E-state index contributed by atoms with van der Waals surface area (Å²) in [6.45, 7) is 6.53. The van der Waals surface area contributed by atoms with Crippen LogP contribution in [0.15, 0.2) is 48.5 Å². The van der Waals surface area contributed by atoms with Crippen molar-refractivity contribution >= 4 is 40.2 Å². The Morgan fingerprint density at radius 1 is 1.13 bits per heavy atom. The van der Waals surface area contributed by atoms with Gasteiger partial charge in [-0.1, -0.05) is 53.3 Å². The van der Waals surface area contributed by atoms with Gasteiger partial charge in [0.2, 0.25) is 5.13 Å². The molecule has 1 aliphatic rings. The number of hydrogen-bond donors (Lipinski definition) is 1. The number of rotatable bonds is 6. The lowest BCUT2D eigenvalue weighted by atomic mass is 9.89. The fraction of sp³-hybridized carbons (Fsp3) is 0.348. The maximum Gasteiger partial charge on any atom is 0.209 e. The predicted molar refractivity (Wildman–Crippen MR) is 125 cm³/mol. The summed E-state index contributed by atoms with van der Waals surface area (Å²) >= 11 is 7.00. The number of carbonyl (C=O) groups is 1. The van der Waals surface area contributed by atoms with Crippen LogP contribution in [0.1, 0.15) is 34.3 Å². The highest BCUT2D eigenvalue weighted by Gasteiger charge is 2.26. The van der Waals surface area contributed by atoms with Gasteiger partial charge in [-0.05, 0) is 56.6 Å². The topological polar surface area (TPSA) is 50.2 Å². The molecule has 0 aliphatic carbocycles. The van der Waals surface area contributed by atoms with Crippen LogP contribution < -0.4 is 5.32 Å². The summed E-state index contributed by atoms with van der Waals surface area (Å²) in [6.07, 6.45) is 1.75. The number of ketones is 1. The molecule has 0 radical (unpaired) electrons. The Kier molecular flexibility index (Phi) is 6.41. The lowest BCUT2D eigenvalue weighted by molar-refractivity contribution is 0.0804. The van der Waals surface area contributed by atoms with E-state index in [0.717, 1.165) is 46.3 Å². The van der Waals surface area contributed by atoms with Crippen molar-refractivity contribution in [2.24, 2.45) is 5.92 Å². The number of aryl methyl sites for hydroxylation is 2. The van der Waals surface area contributed by atoms with E-state index < -0.39 is 0 Å². The van der Waals surface area contributed by atoms with Crippen LogP contribution in [-0.2, 0) is 6.67 Å². The average molecular weight is 439 g/mol. The maximum atomic E-state index is 12.8. The van der Waals surface area contributed by atoms with Gasteiger partial charge in [-0.15, -0.1) is 5.10 Å². The lowest BCUT2D eigenvalue weighted by Gasteiger charge is -2.30. The Bertz CT molecular complexity index is 1080. The molecule has 1 aliphatic heterocycles. The molecule has 2 aromatic carbocycles. The normalized spacial score (nSPS) is 15.3. The first-order valence-electron chi connectivity index (χ1n) is 10.2. The van der Waals surface area contributed by atoms with E-state index in [4.69, 9.17) is 12.2 Å². The summed E-state index contributed by atoms with van der Waals surface area (Å²) in [5.74, 6) is 0.371. The second-order valence-corrected chi connectivity index (χ2v) is 9.55. The molecule has 4 rings (SSSR count). The summed E-state index contributed by atoms with van der Waals surface area (Å²) in [5, 5.41) is 8.80. The van der Waals surface area contributed by atoms with Gasteiger partial charge in [0.1, 0.15) is 0 Å².